The number of aromatic nitrogens is 1. The van der Waals surface area contributed by atoms with E-state index in [0.29, 0.717) is 0 Å². The summed E-state index contributed by atoms with van der Waals surface area (Å²) in [7, 11) is 0. The number of aliphatic hydroxyl groups is 1. The van der Waals surface area contributed by atoms with Crippen molar-refractivity contribution in [1.82, 2.24) is 9.88 Å². The number of benzene rings is 1. The van der Waals surface area contributed by atoms with Crippen molar-refractivity contribution < 1.29 is 23.1 Å². The average Bonchev–Trinajstić information content (AvgIpc) is 2.95. The maximum atomic E-state index is 13.3. The van der Waals surface area contributed by atoms with Crippen LogP contribution in [0.25, 0.3) is 0 Å². The van der Waals surface area contributed by atoms with Gasteiger partial charge in [-0.3, -0.25) is 9.59 Å². The Hall–Kier alpha value is -2.61. The number of rotatable bonds is 2. The second-order valence-corrected chi connectivity index (χ2v) is 5.89. The molecule has 25 heavy (non-hydrogen) atoms. The molecule has 8 heteroatoms. The summed E-state index contributed by atoms with van der Waals surface area (Å²) in [6.07, 6.45) is -4.21. The molecule has 2 N–H and O–H groups in total. The third-order valence-corrected chi connectivity index (χ3v) is 4.19. The number of H-pyrrole nitrogens is 1. The molecule has 2 heterocycles. The fourth-order valence-electron chi connectivity index (χ4n) is 3.12. The van der Waals surface area contributed by atoms with Gasteiger partial charge in [0.05, 0.1) is 17.7 Å². The number of aromatic amines is 1. The molecule has 2 atom stereocenters. The topological polar surface area (TPSA) is 73.4 Å². The van der Waals surface area contributed by atoms with Crippen molar-refractivity contribution in [2.24, 2.45) is 0 Å². The second-order valence-electron chi connectivity index (χ2n) is 5.89. The van der Waals surface area contributed by atoms with Gasteiger partial charge in [0.1, 0.15) is 0 Å². The lowest BCUT2D eigenvalue weighted by molar-refractivity contribution is -0.138. The lowest BCUT2D eigenvalue weighted by Crippen LogP contribution is -2.33. The Morgan fingerprint density at radius 2 is 1.96 bits per heavy atom. The van der Waals surface area contributed by atoms with E-state index < -0.39 is 35.4 Å². The molecule has 0 spiro atoms. The molecule has 0 saturated carbocycles. The molecule has 0 unspecified atom stereocenters. The normalized spacial score (nSPS) is 20.7. The molecule has 3 rings (SSSR count). The van der Waals surface area contributed by atoms with Crippen molar-refractivity contribution in [3.05, 3.63) is 69.6 Å². The predicted molar refractivity (Wildman–Crippen MR) is 82.9 cm³/mol. The molecule has 1 aromatic carbocycles. The Morgan fingerprint density at radius 3 is 2.64 bits per heavy atom. The summed E-state index contributed by atoms with van der Waals surface area (Å²) in [5, 5.41) is 9.93. The first-order valence-electron chi connectivity index (χ1n) is 7.61. The van der Waals surface area contributed by atoms with Gasteiger partial charge in [0.25, 0.3) is 5.91 Å². The lowest BCUT2D eigenvalue weighted by atomic mass is 9.97. The van der Waals surface area contributed by atoms with Crippen LogP contribution < -0.4 is 5.56 Å². The van der Waals surface area contributed by atoms with E-state index in [1.54, 1.807) is 0 Å². The van der Waals surface area contributed by atoms with Gasteiger partial charge < -0.3 is 15.0 Å². The summed E-state index contributed by atoms with van der Waals surface area (Å²) in [6, 6.07) is 6.55. The van der Waals surface area contributed by atoms with Crippen LogP contribution in [-0.4, -0.2) is 33.5 Å². The van der Waals surface area contributed by atoms with Gasteiger partial charge in [-0.1, -0.05) is 18.2 Å². The predicted octanol–water partition coefficient (Wildman–Crippen LogP) is 2.34. The number of hydrogen-bond acceptors (Lipinski definition) is 3. The Morgan fingerprint density at radius 1 is 1.24 bits per heavy atom. The number of nitrogens with one attached hydrogen (secondary N) is 1. The van der Waals surface area contributed by atoms with Crippen molar-refractivity contribution in [3.63, 3.8) is 0 Å². The number of likely N-dealkylation sites (tertiary alicyclic amines) is 1. The Kier molecular flexibility index (Phi) is 4.38. The summed E-state index contributed by atoms with van der Waals surface area (Å²) in [4.78, 5) is 27.6. The zero-order valence-electron chi connectivity index (χ0n) is 13.0. The van der Waals surface area contributed by atoms with Crippen LogP contribution in [0.5, 0.6) is 0 Å². The van der Waals surface area contributed by atoms with E-state index in [4.69, 9.17) is 0 Å². The van der Waals surface area contributed by atoms with Gasteiger partial charge in [0, 0.05) is 24.4 Å². The van der Waals surface area contributed by atoms with Crippen LogP contribution in [-0.2, 0) is 6.18 Å². The summed E-state index contributed by atoms with van der Waals surface area (Å²) < 4.78 is 39.9. The van der Waals surface area contributed by atoms with Crippen LogP contribution in [0.15, 0.2) is 47.4 Å². The van der Waals surface area contributed by atoms with E-state index in [-0.39, 0.29) is 24.1 Å². The number of amides is 1. The summed E-state index contributed by atoms with van der Waals surface area (Å²) in [5.41, 5.74) is -1.33. The maximum absolute atomic E-state index is 13.3. The molecule has 1 aliphatic heterocycles. The van der Waals surface area contributed by atoms with Gasteiger partial charge in [0.2, 0.25) is 5.56 Å². The van der Waals surface area contributed by atoms with E-state index in [9.17, 15) is 27.9 Å². The number of nitrogens with zero attached hydrogens (tertiary/aromatic N) is 1. The molecule has 132 valence electrons. The average molecular weight is 352 g/mol. The van der Waals surface area contributed by atoms with Gasteiger partial charge in [0.15, 0.2) is 0 Å². The third kappa shape index (κ3) is 3.43. The highest BCUT2D eigenvalue weighted by Crippen LogP contribution is 2.40. The van der Waals surface area contributed by atoms with Crippen LogP contribution in [0.1, 0.15) is 33.9 Å². The molecule has 1 aromatic heterocycles. The van der Waals surface area contributed by atoms with Crippen LogP contribution in [0.4, 0.5) is 13.2 Å². The standard InChI is InChI=1S/C17H15F3N2O3/c18-17(19,20)13-4-2-1-3-12(13)14-8-11(23)9-22(14)16(25)10-5-6-21-15(24)7-10/h1-7,11,14,23H,8-9H2,(H,21,24)/t11-,14+/m0/s1. The van der Waals surface area contributed by atoms with Crippen LogP contribution in [0, 0.1) is 0 Å². The van der Waals surface area contributed by atoms with E-state index in [2.05, 4.69) is 4.98 Å². The van der Waals surface area contributed by atoms with Gasteiger partial charge in [-0.25, -0.2) is 0 Å². The molecule has 1 saturated heterocycles. The highest BCUT2D eigenvalue weighted by atomic mass is 19.4. The molecule has 0 aliphatic carbocycles. The highest BCUT2D eigenvalue weighted by molar-refractivity contribution is 5.94. The summed E-state index contributed by atoms with van der Waals surface area (Å²) in [5.74, 6) is -0.593. The smallest absolute Gasteiger partial charge is 0.391 e. The number of hydrogen-bond donors (Lipinski definition) is 2. The van der Waals surface area contributed by atoms with Gasteiger partial charge in [-0.05, 0) is 24.1 Å². The number of carbonyl (C=O) groups excluding carboxylic acids is 1. The minimum Gasteiger partial charge on any atom is -0.391 e. The molecule has 0 radical (unpaired) electrons. The first-order valence-corrected chi connectivity index (χ1v) is 7.61. The van der Waals surface area contributed by atoms with Crippen molar-refractivity contribution >= 4 is 5.91 Å². The highest BCUT2D eigenvalue weighted by Gasteiger charge is 2.41. The first kappa shape index (κ1) is 17.2. The molecule has 1 aliphatic rings. The zero-order valence-corrected chi connectivity index (χ0v) is 13.0. The monoisotopic (exact) mass is 352 g/mol. The van der Waals surface area contributed by atoms with Crippen LogP contribution in [0.2, 0.25) is 0 Å². The quantitative estimate of drug-likeness (QED) is 0.871. The fraction of sp³-hybridized carbons (Fsp3) is 0.294. The zero-order chi connectivity index (χ0) is 18.2. The fourth-order valence-corrected chi connectivity index (χ4v) is 3.12. The molecule has 5 nitrogen and oxygen atoms in total. The van der Waals surface area contributed by atoms with E-state index in [1.807, 2.05) is 0 Å². The Balaban J connectivity index is 2.01. The number of alkyl halides is 3. The number of carbonyl (C=O) groups is 1. The SMILES string of the molecule is O=C(c1cc[nH]c(=O)c1)N1C[C@@H](O)C[C@@H]1c1ccccc1C(F)(F)F. The van der Waals surface area contributed by atoms with Gasteiger partial charge in [-0.2, -0.15) is 13.2 Å². The number of aliphatic hydroxyl groups excluding tert-OH is 1. The lowest BCUT2D eigenvalue weighted by Gasteiger charge is -2.27. The Labute approximate surface area is 140 Å². The first-order chi connectivity index (χ1) is 11.8. The van der Waals surface area contributed by atoms with E-state index >= 15 is 0 Å². The molecule has 1 amide bonds. The molecule has 1 fully saturated rings. The summed E-state index contributed by atoms with van der Waals surface area (Å²) in [6.45, 7) is -0.0948. The van der Waals surface area contributed by atoms with E-state index in [1.165, 1.54) is 35.4 Å². The largest absolute Gasteiger partial charge is 0.416 e. The number of β-amino-alcohol motifs (C(OH)–C–C–N with tert-alkyl or cyclic N) is 1. The molecular weight excluding hydrogens is 337 g/mol. The minimum absolute atomic E-state index is 0.00201. The maximum Gasteiger partial charge on any atom is 0.416 e. The molecule has 2 aromatic rings. The van der Waals surface area contributed by atoms with Crippen molar-refractivity contribution in [1.29, 1.82) is 0 Å². The van der Waals surface area contributed by atoms with E-state index in [0.717, 1.165) is 12.1 Å². The van der Waals surface area contributed by atoms with Crippen LogP contribution >= 0.6 is 0 Å². The number of halogens is 3. The van der Waals surface area contributed by atoms with Crippen molar-refractivity contribution in [2.75, 3.05) is 6.54 Å². The third-order valence-electron chi connectivity index (χ3n) is 4.19. The minimum atomic E-state index is -4.57. The molecular formula is C17H15F3N2O3. The Bertz CT molecular complexity index is 847. The summed E-state index contributed by atoms with van der Waals surface area (Å²) >= 11 is 0. The van der Waals surface area contributed by atoms with Gasteiger partial charge >= 0.3 is 6.18 Å². The van der Waals surface area contributed by atoms with Crippen LogP contribution in [0.3, 0.4) is 0 Å². The second kappa shape index (κ2) is 6.36. The van der Waals surface area contributed by atoms with Gasteiger partial charge in [-0.15, -0.1) is 0 Å². The van der Waals surface area contributed by atoms with Crippen molar-refractivity contribution in [3.8, 4) is 0 Å². The molecule has 0 bridgehead atoms. The van der Waals surface area contributed by atoms with Crippen molar-refractivity contribution in [2.45, 2.75) is 24.7 Å². The number of pyridine rings is 1.